The minimum absolute atomic E-state index is 0.0688. The zero-order valence-corrected chi connectivity index (χ0v) is 7.80. The average molecular weight is 189 g/mol. The van der Waals surface area contributed by atoms with E-state index in [1.807, 2.05) is 0 Å². The van der Waals surface area contributed by atoms with E-state index in [4.69, 9.17) is 5.73 Å². The highest BCUT2D eigenvalue weighted by Crippen LogP contribution is 2.06. The number of imidazole rings is 1. The van der Waals surface area contributed by atoms with E-state index in [1.54, 1.807) is 11.6 Å². The second kappa shape index (κ2) is 2.78. The lowest BCUT2D eigenvalue weighted by atomic mass is 10.7. The Morgan fingerprint density at radius 3 is 2.58 bits per heavy atom. The first-order chi connectivity index (χ1) is 5.40. The van der Waals surface area contributed by atoms with Crippen LogP contribution in [0.15, 0.2) is 6.20 Å². The molecular formula is C6H11N3O2S. The first-order valence-corrected chi connectivity index (χ1v) is 5.40. The van der Waals surface area contributed by atoms with Gasteiger partial charge in [-0.05, 0) is 0 Å². The van der Waals surface area contributed by atoms with Gasteiger partial charge in [0.1, 0.15) is 17.4 Å². The number of hydrogen-bond donors (Lipinski definition) is 1. The highest BCUT2D eigenvalue weighted by Gasteiger charge is 2.10. The van der Waals surface area contributed by atoms with Gasteiger partial charge in [0.2, 0.25) is 0 Å². The first kappa shape index (κ1) is 9.05. The predicted molar refractivity (Wildman–Crippen MR) is 46.2 cm³/mol. The largest absolute Gasteiger partial charge is 0.384 e. The number of anilines is 1. The Morgan fingerprint density at radius 2 is 2.25 bits per heavy atom. The fourth-order valence-electron chi connectivity index (χ4n) is 0.831. The van der Waals surface area contributed by atoms with Crippen LogP contribution in [0.1, 0.15) is 5.82 Å². The molecule has 0 amide bonds. The molecule has 6 heteroatoms. The Morgan fingerprint density at radius 1 is 1.67 bits per heavy atom. The molecule has 0 spiro atoms. The molecule has 68 valence electrons. The van der Waals surface area contributed by atoms with Gasteiger partial charge in [-0.25, -0.2) is 13.4 Å². The molecule has 0 aromatic carbocycles. The normalized spacial score (nSPS) is 11.8. The van der Waals surface area contributed by atoms with Crippen molar-refractivity contribution in [1.29, 1.82) is 0 Å². The van der Waals surface area contributed by atoms with Crippen LogP contribution in [0.5, 0.6) is 0 Å². The van der Waals surface area contributed by atoms with E-state index >= 15 is 0 Å². The van der Waals surface area contributed by atoms with Crippen LogP contribution in [0.2, 0.25) is 0 Å². The molecule has 12 heavy (non-hydrogen) atoms. The van der Waals surface area contributed by atoms with Gasteiger partial charge in [0, 0.05) is 13.3 Å². The van der Waals surface area contributed by atoms with Crippen molar-refractivity contribution in [3.05, 3.63) is 12.0 Å². The third kappa shape index (κ3) is 1.97. The summed E-state index contributed by atoms with van der Waals surface area (Å²) in [5.41, 5.74) is 5.47. The SMILES string of the molecule is Cn1c(N)cnc1CS(C)(=O)=O. The molecular weight excluding hydrogens is 178 g/mol. The third-order valence-corrected chi connectivity index (χ3v) is 2.29. The van der Waals surface area contributed by atoms with E-state index in [0.29, 0.717) is 11.6 Å². The fraction of sp³-hybridized carbons (Fsp3) is 0.500. The van der Waals surface area contributed by atoms with E-state index in [0.717, 1.165) is 6.26 Å². The lowest BCUT2D eigenvalue weighted by Crippen LogP contribution is -2.07. The highest BCUT2D eigenvalue weighted by atomic mass is 32.2. The topological polar surface area (TPSA) is 78.0 Å². The van der Waals surface area contributed by atoms with Gasteiger partial charge < -0.3 is 10.3 Å². The van der Waals surface area contributed by atoms with Crippen LogP contribution in [0.25, 0.3) is 0 Å². The van der Waals surface area contributed by atoms with Crippen molar-refractivity contribution in [2.24, 2.45) is 7.05 Å². The van der Waals surface area contributed by atoms with Crippen LogP contribution in [0.4, 0.5) is 5.82 Å². The molecule has 2 N–H and O–H groups in total. The van der Waals surface area contributed by atoms with Crippen molar-refractivity contribution in [1.82, 2.24) is 9.55 Å². The molecule has 1 heterocycles. The maximum absolute atomic E-state index is 10.9. The van der Waals surface area contributed by atoms with Gasteiger partial charge in [0.25, 0.3) is 0 Å². The summed E-state index contributed by atoms with van der Waals surface area (Å²) in [5, 5.41) is 0. The molecule has 0 fully saturated rings. The molecule has 0 saturated heterocycles. The molecule has 0 atom stereocenters. The number of hydrogen-bond acceptors (Lipinski definition) is 4. The van der Waals surface area contributed by atoms with E-state index in [-0.39, 0.29) is 5.75 Å². The van der Waals surface area contributed by atoms with Crippen LogP contribution < -0.4 is 5.73 Å². The Balaban J connectivity index is 2.99. The van der Waals surface area contributed by atoms with Crippen molar-refractivity contribution in [3.63, 3.8) is 0 Å². The molecule has 1 rings (SSSR count). The van der Waals surface area contributed by atoms with Gasteiger partial charge in [0.05, 0.1) is 6.20 Å². The lowest BCUT2D eigenvalue weighted by Gasteiger charge is -2.00. The summed E-state index contributed by atoms with van der Waals surface area (Å²) in [5.74, 6) is 0.865. The minimum atomic E-state index is -3.03. The van der Waals surface area contributed by atoms with Crippen molar-refractivity contribution in [2.45, 2.75) is 5.75 Å². The van der Waals surface area contributed by atoms with E-state index in [1.165, 1.54) is 6.20 Å². The summed E-state index contributed by atoms with van der Waals surface area (Å²) >= 11 is 0. The summed E-state index contributed by atoms with van der Waals surface area (Å²) in [6, 6.07) is 0. The van der Waals surface area contributed by atoms with Crippen molar-refractivity contribution < 1.29 is 8.42 Å². The smallest absolute Gasteiger partial charge is 0.154 e. The van der Waals surface area contributed by atoms with Crippen molar-refractivity contribution >= 4 is 15.7 Å². The van der Waals surface area contributed by atoms with Crippen LogP contribution in [0, 0.1) is 0 Å². The van der Waals surface area contributed by atoms with Gasteiger partial charge in [-0.15, -0.1) is 0 Å². The van der Waals surface area contributed by atoms with Gasteiger partial charge in [0.15, 0.2) is 9.84 Å². The molecule has 1 aromatic rings. The van der Waals surface area contributed by atoms with Crippen LogP contribution in [-0.4, -0.2) is 24.2 Å². The second-order valence-corrected chi connectivity index (χ2v) is 4.87. The number of nitrogens with zero attached hydrogens (tertiary/aromatic N) is 2. The van der Waals surface area contributed by atoms with E-state index in [2.05, 4.69) is 4.98 Å². The predicted octanol–water partition coefficient (Wildman–Crippen LogP) is -0.453. The van der Waals surface area contributed by atoms with Gasteiger partial charge in [-0.1, -0.05) is 0 Å². The Labute approximate surface area is 71.1 Å². The standard InChI is InChI=1S/C6H11N3O2S/c1-9-5(7)3-8-6(9)4-12(2,10)11/h3H,4,7H2,1-2H3. The van der Waals surface area contributed by atoms with Crippen LogP contribution >= 0.6 is 0 Å². The summed E-state index contributed by atoms with van der Waals surface area (Å²) in [4.78, 5) is 3.86. The number of sulfone groups is 1. The number of aromatic nitrogens is 2. The van der Waals surface area contributed by atoms with Crippen LogP contribution in [0.3, 0.4) is 0 Å². The zero-order chi connectivity index (χ0) is 9.35. The minimum Gasteiger partial charge on any atom is -0.384 e. The summed E-state index contributed by atoms with van der Waals surface area (Å²) in [6.07, 6.45) is 2.61. The zero-order valence-electron chi connectivity index (χ0n) is 6.98. The second-order valence-electron chi connectivity index (χ2n) is 2.73. The number of nitrogen functional groups attached to an aromatic ring is 1. The maximum atomic E-state index is 10.9. The monoisotopic (exact) mass is 189 g/mol. The summed E-state index contributed by atoms with van der Waals surface area (Å²) < 4.78 is 23.3. The number of rotatable bonds is 2. The molecule has 0 aliphatic rings. The lowest BCUT2D eigenvalue weighted by molar-refractivity contribution is 0.598. The quantitative estimate of drug-likeness (QED) is 0.683. The molecule has 5 nitrogen and oxygen atoms in total. The first-order valence-electron chi connectivity index (χ1n) is 3.34. The summed E-state index contributed by atoms with van der Waals surface area (Å²) in [6.45, 7) is 0. The average Bonchev–Trinajstić information content (AvgIpc) is 2.16. The highest BCUT2D eigenvalue weighted by molar-refractivity contribution is 7.89. The molecule has 0 aliphatic heterocycles. The van der Waals surface area contributed by atoms with Crippen molar-refractivity contribution in [3.8, 4) is 0 Å². The molecule has 0 bridgehead atoms. The van der Waals surface area contributed by atoms with Gasteiger partial charge >= 0.3 is 0 Å². The molecule has 0 unspecified atom stereocenters. The molecule has 0 aliphatic carbocycles. The third-order valence-electron chi connectivity index (χ3n) is 1.51. The van der Waals surface area contributed by atoms with E-state index in [9.17, 15) is 8.42 Å². The summed E-state index contributed by atoms with van der Waals surface area (Å²) in [7, 11) is -1.34. The Hall–Kier alpha value is -1.04. The van der Waals surface area contributed by atoms with E-state index < -0.39 is 9.84 Å². The Kier molecular flexibility index (Phi) is 2.10. The van der Waals surface area contributed by atoms with Crippen molar-refractivity contribution in [2.75, 3.05) is 12.0 Å². The van der Waals surface area contributed by atoms with Gasteiger partial charge in [-0.2, -0.15) is 0 Å². The molecule has 0 radical (unpaired) electrons. The van der Waals surface area contributed by atoms with Gasteiger partial charge in [-0.3, -0.25) is 0 Å². The molecule has 0 saturated carbocycles. The Bertz CT molecular complexity index is 379. The van der Waals surface area contributed by atoms with Crippen LogP contribution in [-0.2, 0) is 22.6 Å². The fourth-order valence-corrected chi connectivity index (χ4v) is 1.57. The maximum Gasteiger partial charge on any atom is 0.154 e. The molecule has 1 aromatic heterocycles. The number of nitrogens with two attached hydrogens (primary N) is 1.